The molecule has 3 heteroatoms. The van der Waals surface area contributed by atoms with Crippen LogP contribution in [0, 0.1) is 0 Å². The van der Waals surface area contributed by atoms with Crippen molar-refractivity contribution in [3.63, 3.8) is 0 Å². The average Bonchev–Trinajstić information content (AvgIpc) is 1.81. The van der Waals surface area contributed by atoms with Gasteiger partial charge in [-0.25, -0.2) is 0 Å². The molecule has 0 spiro atoms. The van der Waals surface area contributed by atoms with Gasteiger partial charge in [0.1, 0.15) is 6.10 Å². The average molecular weight is 160 g/mol. The molecule has 1 aliphatic rings. The molecule has 4 atom stereocenters. The summed E-state index contributed by atoms with van der Waals surface area (Å²) in [6.07, 6.45) is -0.505. The second-order valence-electron chi connectivity index (χ2n) is 3.66. The van der Waals surface area contributed by atoms with E-state index in [1.165, 1.54) is 0 Å². The summed E-state index contributed by atoms with van der Waals surface area (Å²) in [6.45, 7) is 5.32. The summed E-state index contributed by atoms with van der Waals surface area (Å²) >= 11 is 0. The normalized spacial score (nSPS) is 52.6. The zero-order valence-electron chi connectivity index (χ0n) is 7.24. The van der Waals surface area contributed by atoms with Gasteiger partial charge in [-0.15, -0.1) is 0 Å². The third kappa shape index (κ3) is 1.72. The van der Waals surface area contributed by atoms with Crippen molar-refractivity contribution in [2.45, 2.75) is 51.1 Å². The maximum atomic E-state index is 9.65. The van der Waals surface area contributed by atoms with E-state index in [-0.39, 0.29) is 12.2 Å². The van der Waals surface area contributed by atoms with E-state index in [2.05, 4.69) is 0 Å². The molecule has 1 heterocycles. The van der Waals surface area contributed by atoms with E-state index >= 15 is 0 Å². The van der Waals surface area contributed by atoms with E-state index in [0.717, 1.165) is 0 Å². The van der Waals surface area contributed by atoms with Gasteiger partial charge in [-0.1, -0.05) is 0 Å². The summed E-state index contributed by atoms with van der Waals surface area (Å²) in [5.41, 5.74) is -0.989. The minimum Gasteiger partial charge on any atom is -0.387 e. The molecule has 0 aromatic heterocycles. The number of hydrogen-bond acceptors (Lipinski definition) is 3. The molecule has 0 aromatic carbocycles. The van der Waals surface area contributed by atoms with Crippen molar-refractivity contribution in [2.75, 3.05) is 0 Å². The summed E-state index contributed by atoms with van der Waals surface area (Å²) < 4.78 is 5.32. The van der Waals surface area contributed by atoms with E-state index in [1.54, 1.807) is 13.8 Å². The van der Waals surface area contributed by atoms with Gasteiger partial charge >= 0.3 is 0 Å². The molecule has 1 saturated heterocycles. The predicted octanol–water partition coefficient (Wildman–Crippen LogP) is 0.296. The molecular weight excluding hydrogens is 144 g/mol. The molecule has 0 radical (unpaired) electrons. The summed E-state index contributed by atoms with van der Waals surface area (Å²) in [4.78, 5) is 0. The Balaban J connectivity index is 2.67. The van der Waals surface area contributed by atoms with Gasteiger partial charge in [-0.2, -0.15) is 0 Å². The van der Waals surface area contributed by atoms with Crippen molar-refractivity contribution in [1.82, 2.24) is 0 Å². The van der Waals surface area contributed by atoms with Gasteiger partial charge in [0.25, 0.3) is 0 Å². The van der Waals surface area contributed by atoms with Gasteiger partial charge in [-0.3, -0.25) is 0 Å². The summed E-state index contributed by atoms with van der Waals surface area (Å²) in [7, 11) is 0. The van der Waals surface area contributed by atoms with Crippen molar-refractivity contribution in [2.24, 2.45) is 0 Å². The molecule has 0 unspecified atom stereocenters. The predicted molar refractivity (Wildman–Crippen MR) is 41.3 cm³/mol. The number of rotatable bonds is 0. The molecule has 2 N–H and O–H groups in total. The van der Waals surface area contributed by atoms with Crippen LogP contribution in [0.5, 0.6) is 0 Å². The minimum absolute atomic E-state index is 0.0309. The van der Waals surface area contributed by atoms with E-state index in [0.29, 0.717) is 6.42 Å². The molecule has 1 aliphatic heterocycles. The fourth-order valence-corrected chi connectivity index (χ4v) is 1.70. The highest BCUT2D eigenvalue weighted by Crippen LogP contribution is 2.28. The molecule has 1 rings (SSSR count). The van der Waals surface area contributed by atoms with E-state index in [9.17, 15) is 10.2 Å². The molecule has 66 valence electrons. The van der Waals surface area contributed by atoms with Crippen LogP contribution in [-0.2, 0) is 4.74 Å². The highest BCUT2D eigenvalue weighted by Gasteiger charge is 2.41. The van der Waals surface area contributed by atoms with E-state index in [4.69, 9.17) is 4.74 Å². The van der Waals surface area contributed by atoms with Gasteiger partial charge in [0.05, 0.1) is 17.8 Å². The van der Waals surface area contributed by atoms with Gasteiger partial charge in [0.15, 0.2) is 0 Å². The molecule has 0 saturated carbocycles. The quantitative estimate of drug-likeness (QED) is 0.535. The zero-order valence-corrected chi connectivity index (χ0v) is 7.24. The first-order chi connectivity index (χ1) is 4.93. The first-order valence-electron chi connectivity index (χ1n) is 3.99. The summed E-state index contributed by atoms with van der Waals surface area (Å²) in [5.74, 6) is 0. The largest absolute Gasteiger partial charge is 0.387 e. The Morgan fingerprint density at radius 3 is 2.45 bits per heavy atom. The maximum absolute atomic E-state index is 9.65. The molecule has 0 bridgehead atoms. The molecule has 0 aliphatic carbocycles. The fraction of sp³-hybridized carbons (Fsp3) is 1.00. The monoisotopic (exact) mass is 160 g/mol. The Morgan fingerprint density at radius 1 is 1.45 bits per heavy atom. The van der Waals surface area contributed by atoms with Crippen LogP contribution in [0.25, 0.3) is 0 Å². The second kappa shape index (κ2) is 2.73. The third-order valence-corrected chi connectivity index (χ3v) is 2.23. The Kier molecular flexibility index (Phi) is 2.23. The Labute approximate surface area is 67.0 Å². The zero-order chi connectivity index (χ0) is 8.65. The van der Waals surface area contributed by atoms with Crippen LogP contribution in [0.15, 0.2) is 0 Å². The number of hydrogen-bond donors (Lipinski definition) is 2. The van der Waals surface area contributed by atoms with Crippen LogP contribution in [0.3, 0.4) is 0 Å². The lowest BCUT2D eigenvalue weighted by Crippen LogP contribution is -2.53. The Morgan fingerprint density at radius 2 is 2.00 bits per heavy atom. The number of aliphatic hydroxyl groups is 2. The van der Waals surface area contributed by atoms with E-state index in [1.807, 2.05) is 6.92 Å². The minimum atomic E-state index is -0.989. The van der Waals surface area contributed by atoms with Crippen molar-refractivity contribution < 1.29 is 14.9 Å². The van der Waals surface area contributed by atoms with Crippen LogP contribution < -0.4 is 0 Å². The fourth-order valence-electron chi connectivity index (χ4n) is 1.70. The van der Waals surface area contributed by atoms with Crippen LogP contribution >= 0.6 is 0 Å². The molecular formula is C8H16O3. The molecule has 11 heavy (non-hydrogen) atoms. The highest BCUT2D eigenvalue weighted by molar-refractivity contribution is 4.91. The second-order valence-corrected chi connectivity index (χ2v) is 3.66. The van der Waals surface area contributed by atoms with Crippen LogP contribution in [-0.4, -0.2) is 34.1 Å². The van der Waals surface area contributed by atoms with Crippen molar-refractivity contribution in [1.29, 1.82) is 0 Å². The Bertz CT molecular complexity index is 144. The van der Waals surface area contributed by atoms with Gasteiger partial charge in [0, 0.05) is 6.42 Å². The smallest absolute Gasteiger partial charge is 0.108 e. The van der Waals surface area contributed by atoms with Crippen molar-refractivity contribution in [3.05, 3.63) is 0 Å². The lowest BCUT2D eigenvalue weighted by atomic mass is 9.87. The highest BCUT2D eigenvalue weighted by atomic mass is 16.5. The standard InChI is InChI=1S/C8H16O3/c1-5-4-8(3,10)7(9)6(2)11-5/h5-7,9-10H,4H2,1-3H3/t5-,6-,7-,8+/m0/s1. The molecule has 0 aromatic rings. The first-order valence-corrected chi connectivity index (χ1v) is 3.99. The summed E-state index contributed by atoms with van der Waals surface area (Å²) in [6, 6.07) is 0. The molecule has 1 fully saturated rings. The maximum Gasteiger partial charge on any atom is 0.108 e. The van der Waals surface area contributed by atoms with Crippen LogP contribution in [0.1, 0.15) is 27.2 Å². The topological polar surface area (TPSA) is 49.7 Å². The van der Waals surface area contributed by atoms with Gasteiger partial charge in [-0.05, 0) is 20.8 Å². The van der Waals surface area contributed by atoms with Crippen molar-refractivity contribution in [3.8, 4) is 0 Å². The first kappa shape index (κ1) is 8.97. The third-order valence-electron chi connectivity index (χ3n) is 2.23. The molecule has 3 nitrogen and oxygen atoms in total. The summed E-state index contributed by atoms with van der Waals surface area (Å²) in [5, 5.41) is 19.1. The van der Waals surface area contributed by atoms with Gasteiger partial charge < -0.3 is 14.9 Å². The molecule has 0 amide bonds. The lowest BCUT2D eigenvalue weighted by Gasteiger charge is -2.41. The SMILES string of the molecule is C[C@@H]1O[C@@H](C)C[C@@](C)(O)[C@H]1O. The number of aliphatic hydroxyl groups excluding tert-OH is 1. The van der Waals surface area contributed by atoms with E-state index < -0.39 is 11.7 Å². The Hall–Kier alpha value is -0.120. The van der Waals surface area contributed by atoms with Crippen LogP contribution in [0.4, 0.5) is 0 Å². The van der Waals surface area contributed by atoms with Gasteiger partial charge in [0.2, 0.25) is 0 Å². The van der Waals surface area contributed by atoms with Crippen LogP contribution in [0.2, 0.25) is 0 Å². The lowest BCUT2D eigenvalue weighted by molar-refractivity contribution is -0.199. The number of ether oxygens (including phenoxy) is 1. The van der Waals surface area contributed by atoms with Crippen molar-refractivity contribution >= 4 is 0 Å².